The second kappa shape index (κ2) is 10.9. The van der Waals surface area contributed by atoms with Gasteiger partial charge in [0, 0.05) is 45.0 Å². The van der Waals surface area contributed by atoms with Gasteiger partial charge in [-0.3, -0.25) is 4.90 Å². The zero-order valence-electron chi connectivity index (χ0n) is 18.6. The Hall–Kier alpha value is -2.15. The van der Waals surface area contributed by atoms with Gasteiger partial charge < -0.3 is 23.8 Å². The molecular formula is C24H33ClN2O4. The van der Waals surface area contributed by atoms with Gasteiger partial charge in [-0.2, -0.15) is 0 Å². The molecule has 7 heteroatoms. The summed E-state index contributed by atoms with van der Waals surface area (Å²) in [4.78, 5) is 4.95. The second-order valence-corrected chi connectivity index (χ2v) is 7.85. The van der Waals surface area contributed by atoms with Crippen LogP contribution in [0.3, 0.4) is 0 Å². The van der Waals surface area contributed by atoms with Gasteiger partial charge in [0.05, 0.1) is 27.4 Å². The molecule has 1 fully saturated rings. The third-order valence-electron chi connectivity index (χ3n) is 6.14. The van der Waals surface area contributed by atoms with Crippen molar-refractivity contribution in [2.24, 2.45) is 0 Å². The molecule has 1 unspecified atom stereocenters. The lowest BCUT2D eigenvalue weighted by Crippen LogP contribution is -2.47. The number of methoxy groups -OCH3 is 3. The number of hydrogen-bond donors (Lipinski definition) is 0. The zero-order chi connectivity index (χ0) is 20.9. The Morgan fingerprint density at radius 2 is 1.58 bits per heavy atom. The summed E-state index contributed by atoms with van der Waals surface area (Å²) in [6, 6.07) is 12.6. The highest BCUT2D eigenvalue weighted by Gasteiger charge is 2.26. The summed E-state index contributed by atoms with van der Waals surface area (Å²) in [5.74, 6) is 2.47. The van der Waals surface area contributed by atoms with Crippen LogP contribution in [-0.2, 0) is 11.2 Å². The van der Waals surface area contributed by atoms with E-state index in [-0.39, 0.29) is 18.5 Å². The predicted octanol–water partition coefficient (Wildman–Crippen LogP) is 3.96. The molecule has 2 aliphatic rings. The molecule has 170 valence electrons. The van der Waals surface area contributed by atoms with Crippen LogP contribution < -0.4 is 19.1 Å². The van der Waals surface area contributed by atoms with Crippen molar-refractivity contribution in [1.82, 2.24) is 4.90 Å². The molecule has 4 rings (SSSR count). The molecule has 2 aromatic carbocycles. The highest BCUT2D eigenvalue weighted by Crippen LogP contribution is 2.37. The molecule has 0 aromatic heterocycles. The zero-order valence-corrected chi connectivity index (χ0v) is 19.5. The lowest BCUT2D eigenvalue weighted by Gasteiger charge is -2.37. The monoisotopic (exact) mass is 448 g/mol. The Kier molecular flexibility index (Phi) is 8.29. The van der Waals surface area contributed by atoms with E-state index in [1.807, 2.05) is 12.1 Å². The second-order valence-electron chi connectivity index (χ2n) is 7.85. The summed E-state index contributed by atoms with van der Waals surface area (Å²) in [5, 5.41) is 0. The van der Waals surface area contributed by atoms with Crippen LogP contribution in [0, 0.1) is 0 Å². The van der Waals surface area contributed by atoms with E-state index in [4.69, 9.17) is 18.9 Å². The lowest BCUT2D eigenvalue weighted by atomic mass is 9.98. The van der Waals surface area contributed by atoms with Gasteiger partial charge in [0.1, 0.15) is 5.75 Å². The predicted molar refractivity (Wildman–Crippen MR) is 125 cm³/mol. The van der Waals surface area contributed by atoms with E-state index >= 15 is 0 Å². The van der Waals surface area contributed by atoms with Gasteiger partial charge in [-0.15, -0.1) is 12.4 Å². The van der Waals surface area contributed by atoms with Crippen molar-refractivity contribution in [3.05, 3.63) is 47.5 Å². The van der Waals surface area contributed by atoms with E-state index in [2.05, 4.69) is 34.1 Å². The Balaban J connectivity index is 0.00000272. The van der Waals surface area contributed by atoms with Crippen molar-refractivity contribution < 1.29 is 18.9 Å². The van der Waals surface area contributed by atoms with Gasteiger partial charge in [0.15, 0.2) is 11.5 Å². The molecule has 0 aliphatic carbocycles. The van der Waals surface area contributed by atoms with Gasteiger partial charge in [-0.25, -0.2) is 0 Å². The third kappa shape index (κ3) is 5.37. The van der Waals surface area contributed by atoms with Gasteiger partial charge in [-0.1, -0.05) is 0 Å². The van der Waals surface area contributed by atoms with Crippen LogP contribution in [-0.4, -0.2) is 65.6 Å². The number of fused-ring (bicyclic) bond motifs is 1. The molecule has 2 aliphatic heterocycles. The summed E-state index contributed by atoms with van der Waals surface area (Å²) < 4.78 is 22.6. The molecule has 6 nitrogen and oxygen atoms in total. The smallest absolute Gasteiger partial charge is 0.161 e. The quantitative estimate of drug-likeness (QED) is 0.666. The first kappa shape index (κ1) is 23.5. The van der Waals surface area contributed by atoms with E-state index < -0.39 is 0 Å². The number of aryl methyl sites for hydroxylation is 1. The fraction of sp³-hybridized carbons (Fsp3) is 0.500. The van der Waals surface area contributed by atoms with Crippen molar-refractivity contribution in [3.63, 3.8) is 0 Å². The fourth-order valence-electron chi connectivity index (χ4n) is 4.40. The first-order valence-electron chi connectivity index (χ1n) is 10.7. The molecule has 0 saturated carbocycles. The fourth-order valence-corrected chi connectivity index (χ4v) is 4.40. The number of ether oxygens (including phenoxy) is 4. The summed E-state index contributed by atoms with van der Waals surface area (Å²) in [5.41, 5.74) is 3.80. The van der Waals surface area contributed by atoms with Crippen molar-refractivity contribution in [2.75, 3.05) is 65.6 Å². The molecule has 0 radical (unpaired) electrons. The van der Waals surface area contributed by atoms with Crippen LogP contribution in [0.25, 0.3) is 0 Å². The van der Waals surface area contributed by atoms with Crippen LogP contribution in [0.15, 0.2) is 36.4 Å². The first-order chi connectivity index (χ1) is 14.7. The molecule has 2 aromatic rings. The number of anilines is 1. The molecule has 0 N–H and O–H groups in total. The summed E-state index contributed by atoms with van der Waals surface area (Å²) in [7, 11) is 5.08. The van der Waals surface area contributed by atoms with Crippen molar-refractivity contribution in [1.29, 1.82) is 0 Å². The average molecular weight is 449 g/mol. The van der Waals surface area contributed by atoms with Crippen LogP contribution >= 0.6 is 12.4 Å². The SMILES string of the molecule is COc1ccc(N2CCN(CC3OCCCc4cc(OC)c(OC)cc43)CC2)cc1.Cl. The van der Waals surface area contributed by atoms with E-state index in [0.29, 0.717) is 0 Å². The highest BCUT2D eigenvalue weighted by atomic mass is 35.5. The Morgan fingerprint density at radius 3 is 2.23 bits per heavy atom. The molecule has 1 saturated heterocycles. The summed E-state index contributed by atoms with van der Waals surface area (Å²) in [6.45, 7) is 5.76. The molecular weight excluding hydrogens is 416 g/mol. The summed E-state index contributed by atoms with van der Waals surface area (Å²) >= 11 is 0. The van der Waals surface area contributed by atoms with E-state index in [1.165, 1.54) is 16.8 Å². The van der Waals surface area contributed by atoms with Crippen molar-refractivity contribution in [3.8, 4) is 17.2 Å². The molecule has 0 spiro atoms. The minimum absolute atomic E-state index is 0. The van der Waals surface area contributed by atoms with Crippen LogP contribution in [0.4, 0.5) is 5.69 Å². The maximum absolute atomic E-state index is 6.28. The van der Waals surface area contributed by atoms with Crippen LogP contribution in [0.2, 0.25) is 0 Å². The van der Waals surface area contributed by atoms with Gasteiger partial charge in [0.2, 0.25) is 0 Å². The van der Waals surface area contributed by atoms with Gasteiger partial charge in [-0.05, 0) is 60.4 Å². The highest BCUT2D eigenvalue weighted by molar-refractivity contribution is 5.85. The van der Waals surface area contributed by atoms with E-state index in [9.17, 15) is 0 Å². The Morgan fingerprint density at radius 1 is 0.903 bits per heavy atom. The summed E-state index contributed by atoms with van der Waals surface area (Å²) in [6.07, 6.45) is 2.11. The number of hydrogen-bond acceptors (Lipinski definition) is 6. The minimum Gasteiger partial charge on any atom is -0.497 e. The van der Waals surface area contributed by atoms with Crippen molar-refractivity contribution in [2.45, 2.75) is 18.9 Å². The third-order valence-corrected chi connectivity index (χ3v) is 6.14. The molecule has 1 atom stereocenters. The standard InChI is InChI=1S/C24H32N2O4.ClH/c1-27-20-8-6-19(7-9-20)26-12-10-25(11-13-26)17-24-21-16-23(29-3)22(28-2)15-18(21)5-4-14-30-24;/h6-9,15-16,24H,4-5,10-14,17H2,1-3H3;1H. The first-order valence-corrected chi connectivity index (χ1v) is 10.7. The number of rotatable bonds is 6. The maximum atomic E-state index is 6.28. The van der Waals surface area contributed by atoms with E-state index in [0.717, 1.165) is 69.4 Å². The van der Waals surface area contributed by atoms with E-state index in [1.54, 1.807) is 21.3 Å². The van der Waals surface area contributed by atoms with Crippen LogP contribution in [0.1, 0.15) is 23.7 Å². The largest absolute Gasteiger partial charge is 0.497 e. The van der Waals surface area contributed by atoms with Gasteiger partial charge in [0.25, 0.3) is 0 Å². The van der Waals surface area contributed by atoms with Gasteiger partial charge >= 0.3 is 0 Å². The molecule has 0 amide bonds. The number of halogens is 1. The number of benzene rings is 2. The Bertz CT molecular complexity index is 838. The average Bonchev–Trinajstić information content (AvgIpc) is 3.00. The molecule has 31 heavy (non-hydrogen) atoms. The Labute approximate surface area is 191 Å². The maximum Gasteiger partial charge on any atom is 0.161 e. The minimum atomic E-state index is 0. The lowest BCUT2D eigenvalue weighted by molar-refractivity contribution is 0.0268. The normalized spacial score (nSPS) is 19.1. The number of nitrogens with zero attached hydrogens (tertiary/aromatic N) is 2. The van der Waals surface area contributed by atoms with Crippen LogP contribution in [0.5, 0.6) is 17.2 Å². The molecule has 0 bridgehead atoms. The molecule has 2 heterocycles. The topological polar surface area (TPSA) is 43.4 Å². The number of piperazine rings is 1. The van der Waals surface area contributed by atoms with Crippen molar-refractivity contribution >= 4 is 18.1 Å².